The summed E-state index contributed by atoms with van der Waals surface area (Å²) in [5, 5.41) is 9.64. The van der Waals surface area contributed by atoms with Crippen molar-refractivity contribution in [2.75, 3.05) is 6.54 Å². The lowest BCUT2D eigenvalue weighted by Gasteiger charge is -2.34. The van der Waals surface area contributed by atoms with Crippen LogP contribution in [0.1, 0.15) is 6.92 Å². The zero-order chi connectivity index (χ0) is 17.3. The summed E-state index contributed by atoms with van der Waals surface area (Å²) in [6.07, 6.45) is 4.73. The Balaban J connectivity index is 2.07. The van der Waals surface area contributed by atoms with Crippen molar-refractivity contribution in [2.45, 2.75) is 17.9 Å². The van der Waals surface area contributed by atoms with Gasteiger partial charge in [0.25, 0.3) is 5.91 Å². The summed E-state index contributed by atoms with van der Waals surface area (Å²) in [4.78, 5) is 16.2. The second kappa shape index (κ2) is 6.31. The van der Waals surface area contributed by atoms with E-state index < -0.39 is 22.0 Å². The number of amides is 1. The minimum absolute atomic E-state index is 0.0134. The number of nitrogens with one attached hydrogen (secondary N) is 1. The van der Waals surface area contributed by atoms with E-state index in [1.165, 1.54) is 12.3 Å². The second-order valence-electron chi connectivity index (χ2n) is 5.65. The van der Waals surface area contributed by atoms with Crippen LogP contribution in [0.25, 0.3) is 10.9 Å². The Labute approximate surface area is 139 Å². The van der Waals surface area contributed by atoms with Crippen molar-refractivity contribution in [3.8, 4) is 0 Å². The van der Waals surface area contributed by atoms with Gasteiger partial charge in [0.05, 0.1) is 5.52 Å². The second-order valence-corrected chi connectivity index (χ2v) is 7.54. The first kappa shape index (κ1) is 16.6. The fourth-order valence-corrected chi connectivity index (χ4v) is 4.47. The molecule has 1 aliphatic heterocycles. The highest BCUT2D eigenvalue weighted by Crippen LogP contribution is 2.27. The summed E-state index contributed by atoms with van der Waals surface area (Å²) in [5.41, 5.74) is 2.24. The molecule has 2 heterocycles. The molecule has 0 saturated heterocycles. The van der Waals surface area contributed by atoms with E-state index in [0.717, 1.165) is 4.31 Å². The first-order valence-corrected chi connectivity index (χ1v) is 8.86. The van der Waals surface area contributed by atoms with Crippen molar-refractivity contribution in [3.63, 3.8) is 0 Å². The Kier molecular flexibility index (Phi) is 4.35. The number of sulfonamides is 1. The van der Waals surface area contributed by atoms with Gasteiger partial charge in [-0.05, 0) is 18.1 Å². The van der Waals surface area contributed by atoms with Crippen LogP contribution in [0.3, 0.4) is 0 Å². The molecule has 0 saturated carbocycles. The lowest BCUT2D eigenvalue weighted by molar-refractivity contribution is -0.134. The molecule has 3 rings (SSSR count). The molecule has 2 N–H and O–H groups in total. The van der Waals surface area contributed by atoms with Crippen molar-refractivity contribution in [2.24, 2.45) is 5.92 Å². The number of para-hydroxylation sites is 1. The van der Waals surface area contributed by atoms with Crippen molar-refractivity contribution in [1.29, 1.82) is 0 Å². The van der Waals surface area contributed by atoms with Crippen LogP contribution in [-0.4, -0.2) is 41.4 Å². The maximum absolute atomic E-state index is 13.0. The fourth-order valence-electron chi connectivity index (χ4n) is 2.87. The fraction of sp³-hybridized carbons (Fsp3) is 0.250. The molecule has 7 nitrogen and oxygen atoms in total. The number of rotatable bonds is 3. The molecule has 0 fully saturated rings. The summed E-state index contributed by atoms with van der Waals surface area (Å²) in [6.45, 7) is 1.77. The van der Waals surface area contributed by atoms with Gasteiger partial charge in [-0.2, -0.15) is 4.31 Å². The van der Waals surface area contributed by atoms with Gasteiger partial charge < -0.3 is 0 Å². The number of pyridine rings is 1. The highest BCUT2D eigenvalue weighted by Gasteiger charge is 2.39. The van der Waals surface area contributed by atoms with E-state index >= 15 is 0 Å². The summed E-state index contributed by atoms with van der Waals surface area (Å²) >= 11 is 0. The number of nitrogens with zero attached hydrogens (tertiary/aromatic N) is 2. The summed E-state index contributed by atoms with van der Waals surface area (Å²) < 4.78 is 27.1. The first-order valence-electron chi connectivity index (χ1n) is 7.42. The highest BCUT2D eigenvalue weighted by atomic mass is 32.2. The van der Waals surface area contributed by atoms with Gasteiger partial charge in [-0.1, -0.05) is 37.3 Å². The van der Waals surface area contributed by atoms with E-state index in [9.17, 15) is 13.2 Å². The van der Waals surface area contributed by atoms with Gasteiger partial charge >= 0.3 is 0 Å². The van der Waals surface area contributed by atoms with Crippen LogP contribution in [0.5, 0.6) is 0 Å². The molecular formula is C16H17N3O4S. The first-order chi connectivity index (χ1) is 11.4. The van der Waals surface area contributed by atoms with Gasteiger partial charge in [0.1, 0.15) is 10.9 Å². The van der Waals surface area contributed by atoms with Crippen LogP contribution in [0, 0.1) is 5.92 Å². The molecule has 8 heteroatoms. The third-order valence-electron chi connectivity index (χ3n) is 4.08. The number of fused-ring (bicyclic) bond motifs is 1. The average molecular weight is 347 g/mol. The van der Waals surface area contributed by atoms with Crippen LogP contribution < -0.4 is 5.48 Å². The van der Waals surface area contributed by atoms with Gasteiger partial charge in [0.2, 0.25) is 10.0 Å². The van der Waals surface area contributed by atoms with E-state index in [2.05, 4.69) is 4.98 Å². The van der Waals surface area contributed by atoms with E-state index in [4.69, 9.17) is 5.21 Å². The van der Waals surface area contributed by atoms with Crippen molar-refractivity contribution >= 4 is 26.8 Å². The number of benzene rings is 1. The van der Waals surface area contributed by atoms with Crippen molar-refractivity contribution < 1.29 is 18.4 Å². The third-order valence-corrected chi connectivity index (χ3v) is 5.90. The predicted octanol–water partition coefficient (Wildman–Crippen LogP) is 1.31. The molecule has 2 aromatic rings. The Morgan fingerprint density at radius 2 is 2.12 bits per heavy atom. The number of carbonyl (C=O) groups is 1. The number of aromatic nitrogens is 1. The number of hydrogen-bond acceptors (Lipinski definition) is 5. The maximum atomic E-state index is 13.0. The lowest BCUT2D eigenvalue weighted by atomic mass is 9.98. The van der Waals surface area contributed by atoms with E-state index in [-0.39, 0.29) is 17.4 Å². The van der Waals surface area contributed by atoms with Gasteiger partial charge in [-0.3, -0.25) is 15.0 Å². The van der Waals surface area contributed by atoms with Gasteiger partial charge in [0, 0.05) is 18.1 Å². The largest absolute Gasteiger partial charge is 0.289 e. The summed E-state index contributed by atoms with van der Waals surface area (Å²) in [5.74, 6) is -1.13. The summed E-state index contributed by atoms with van der Waals surface area (Å²) in [6, 6.07) is 7.71. The van der Waals surface area contributed by atoms with Crippen LogP contribution in [-0.2, 0) is 14.8 Å². The van der Waals surface area contributed by atoms with Gasteiger partial charge in [-0.25, -0.2) is 13.9 Å². The lowest BCUT2D eigenvalue weighted by Crippen LogP contribution is -2.53. The van der Waals surface area contributed by atoms with Crippen LogP contribution in [0.4, 0.5) is 0 Å². The quantitative estimate of drug-likeness (QED) is 0.495. The molecule has 1 aromatic heterocycles. The minimum atomic E-state index is -3.94. The SMILES string of the molecule is CC1C=CCN(S(=O)(=O)c2cnc3ccccc3c2)C1C(=O)NO. The predicted molar refractivity (Wildman–Crippen MR) is 87.7 cm³/mol. The van der Waals surface area contributed by atoms with Crippen LogP contribution in [0.15, 0.2) is 53.6 Å². The standard InChI is InChI=1S/C16H17N3O4S/c1-11-5-4-8-19(15(11)16(20)18-21)24(22,23)13-9-12-6-2-3-7-14(12)17-10-13/h2-7,9-11,15,21H,8H2,1H3,(H,18,20). The van der Waals surface area contributed by atoms with Crippen LogP contribution in [0.2, 0.25) is 0 Å². The van der Waals surface area contributed by atoms with E-state index in [0.29, 0.717) is 10.9 Å². The molecule has 1 amide bonds. The molecular weight excluding hydrogens is 330 g/mol. The molecule has 0 aliphatic carbocycles. The zero-order valence-corrected chi connectivity index (χ0v) is 13.8. The molecule has 126 valence electrons. The average Bonchev–Trinajstić information content (AvgIpc) is 2.60. The Morgan fingerprint density at radius 3 is 2.88 bits per heavy atom. The van der Waals surface area contributed by atoms with E-state index in [1.807, 2.05) is 6.07 Å². The normalized spacial score (nSPS) is 21.8. The zero-order valence-electron chi connectivity index (χ0n) is 13.0. The molecule has 0 radical (unpaired) electrons. The highest BCUT2D eigenvalue weighted by molar-refractivity contribution is 7.89. The Hall–Kier alpha value is -2.29. The molecule has 24 heavy (non-hydrogen) atoms. The number of carbonyl (C=O) groups excluding carboxylic acids is 1. The van der Waals surface area contributed by atoms with Crippen LogP contribution >= 0.6 is 0 Å². The third kappa shape index (κ3) is 2.79. The topological polar surface area (TPSA) is 99.6 Å². The number of hydroxylamine groups is 1. The molecule has 0 bridgehead atoms. The summed E-state index contributed by atoms with van der Waals surface area (Å²) in [7, 11) is -3.94. The molecule has 2 unspecified atom stereocenters. The van der Waals surface area contributed by atoms with Gasteiger partial charge in [-0.15, -0.1) is 0 Å². The Morgan fingerprint density at radius 1 is 1.38 bits per heavy atom. The maximum Gasteiger partial charge on any atom is 0.262 e. The van der Waals surface area contributed by atoms with Crippen molar-refractivity contribution in [1.82, 2.24) is 14.8 Å². The minimum Gasteiger partial charge on any atom is -0.289 e. The molecule has 1 aromatic carbocycles. The number of hydrogen-bond donors (Lipinski definition) is 2. The van der Waals surface area contributed by atoms with Gasteiger partial charge in [0.15, 0.2) is 0 Å². The molecule has 1 aliphatic rings. The smallest absolute Gasteiger partial charge is 0.262 e. The Bertz CT molecular complexity index is 910. The van der Waals surface area contributed by atoms with Crippen molar-refractivity contribution in [3.05, 3.63) is 48.7 Å². The van der Waals surface area contributed by atoms with E-state index in [1.54, 1.807) is 42.8 Å². The monoisotopic (exact) mass is 347 g/mol. The molecule has 2 atom stereocenters. The molecule has 0 spiro atoms.